The van der Waals surface area contributed by atoms with Gasteiger partial charge in [-0.3, -0.25) is 0 Å². The summed E-state index contributed by atoms with van der Waals surface area (Å²) in [6, 6.07) is 51.9. The van der Waals surface area contributed by atoms with Gasteiger partial charge in [-0.25, -0.2) is 9.97 Å². The van der Waals surface area contributed by atoms with Gasteiger partial charge in [-0.2, -0.15) is 0 Å². The highest BCUT2D eigenvalue weighted by Gasteiger charge is 2.18. The monoisotopic (exact) mass is 596 g/mol. The molecule has 0 aliphatic heterocycles. The molecule has 0 saturated heterocycles. The molecule has 4 heteroatoms. The second-order valence-corrected chi connectivity index (χ2v) is 13.1. The van der Waals surface area contributed by atoms with Crippen molar-refractivity contribution in [2.45, 2.75) is 0 Å². The average molecular weight is 597 g/mol. The highest BCUT2D eigenvalue weighted by atomic mass is 32.1. The van der Waals surface area contributed by atoms with Gasteiger partial charge in [-0.15, -0.1) is 22.7 Å². The molecule has 0 saturated carbocycles. The van der Waals surface area contributed by atoms with Gasteiger partial charge >= 0.3 is 0 Å². The van der Waals surface area contributed by atoms with E-state index >= 15 is 0 Å². The van der Waals surface area contributed by atoms with Crippen LogP contribution in [0.2, 0.25) is 0 Å². The van der Waals surface area contributed by atoms with Gasteiger partial charge in [0.05, 0.1) is 5.69 Å². The Kier molecular flexibility index (Phi) is 5.90. The van der Waals surface area contributed by atoms with E-state index in [4.69, 9.17) is 9.97 Å². The first-order valence-corrected chi connectivity index (χ1v) is 16.3. The van der Waals surface area contributed by atoms with E-state index in [9.17, 15) is 0 Å². The largest absolute Gasteiger partial charge is 0.227 e. The Morgan fingerprint density at radius 3 is 1.82 bits per heavy atom. The summed E-state index contributed by atoms with van der Waals surface area (Å²) in [7, 11) is 0. The summed E-state index contributed by atoms with van der Waals surface area (Å²) in [6.45, 7) is 0. The van der Waals surface area contributed by atoms with Gasteiger partial charge in [-0.1, -0.05) is 121 Å². The lowest BCUT2D eigenvalue weighted by Crippen LogP contribution is -1.94. The van der Waals surface area contributed by atoms with E-state index in [1.807, 2.05) is 17.4 Å². The molecule has 9 rings (SSSR count). The minimum Gasteiger partial charge on any atom is -0.227 e. The molecule has 0 N–H and O–H groups in total. The smallest absolute Gasteiger partial charge is 0.161 e. The van der Waals surface area contributed by atoms with Gasteiger partial charge in [0.15, 0.2) is 5.82 Å². The molecule has 6 aromatic carbocycles. The molecule has 0 aliphatic rings. The molecule has 0 fully saturated rings. The van der Waals surface area contributed by atoms with E-state index in [-0.39, 0.29) is 0 Å². The minimum atomic E-state index is 0.746. The molecule has 0 aliphatic carbocycles. The molecule has 0 atom stereocenters. The van der Waals surface area contributed by atoms with Gasteiger partial charge in [0.1, 0.15) is 4.83 Å². The molecule has 0 bridgehead atoms. The molecule has 3 heterocycles. The molecule has 0 amide bonds. The van der Waals surface area contributed by atoms with Crippen LogP contribution in [-0.2, 0) is 0 Å². The van der Waals surface area contributed by atoms with Crippen LogP contribution in [0.4, 0.5) is 0 Å². The zero-order valence-electron chi connectivity index (χ0n) is 23.6. The van der Waals surface area contributed by atoms with E-state index in [0.29, 0.717) is 0 Å². The quantitative estimate of drug-likeness (QED) is 0.202. The molecule has 0 radical (unpaired) electrons. The van der Waals surface area contributed by atoms with Crippen molar-refractivity contribution in [1.29, 1.82) is 0 Å². The van der Waals surface area contributed by atoms with Crippen LogP contribution in [0.25, 0.3) is 85.4 Å². The van der Waals surface area contributed by atoms with Crippen LogP contribution in [0, 0.1) is 0 Å². The van der Waals surface area contributed by atoms with Crippen molar-refractivity contribution in [3.63, 3.8) is 0 Å². The number of hydrogen-bond acceptors (Lipinski definition) is 4. The molecule has 206 valence electrons. The zero-order chi connectivity index (χ0) is 29.0. The average Bonchev–Trinajstić information content (AvgIpc) is 3.67. The van der Waals surface area contributed by atoms with Crippen LogP contribution in [0.3, 0.4) is 0 Å². The summed E-state index contributed by atoms with van der Waals surface area (Å²) in [5.41, 5.74) is 7.88. The van der Waals surface area contributed by atoms with Gasteiger partial charge in [0.25, 0.3) is 0 Å². The van der Waals surface area contributed by atoms with E-state index in [1.165, 1.54) is 46.9 Å². The first-order valence-electron chi connectivity index (χ1n) is 14.7. The lowest BCUT2D eigenvalue weighted by atomic mass is 9.97. The first kappa shape index (κ1) is 25.3. The van der Waals surface area contributed by atoms with Crippen molar-refractivity contribution in [3.05, 3.63) is 146 Å². The number of rotatable bonds is 4. The summed E-state index contributed by atoms with van der Waals surface area (Å²) >= 11 is 3.59. The summed E-state index contributed by atoms with van der Waals surface area (Å²) in [5.74, 6) is 0.746. The summed E-state index contributed by atoms with van der Waals surface area (Å²) in [5, 5.41) is 4.96. The van der Waals surface area contributed by atoms with Crippen molar-refractivity contribution in [2.75, 3.05) is 0 Å². The maximum Gasteiger partial charge on any atom is 0.161 e. The second-order valence-electron chi connectivity index (χ2n) is 11.0. The van der Waals surface area contributed by atoms with Crippen molar-refractivity contribution in [2.24, 2.45) is 0 Å². The normalized spacial score (nSPS) is 11.6. The molecule has 9 aromatic rings. The Labute approximate surface area is 262 Å². The lowest BCUT2D eigenvalue weighted by molar-refractivity contribution is 1.24. The first-order chi connectivity index (χ1) is 21.8. The SMILES string of the molecule is c1ccc(-c2cccc(-c3nc(-c4ccc(-c5cccc6sc7ccccc7c56)cc4)c4c(n3)sc3ccccc34)c2)cc1. The Morgan fingerprint density at radius 1 is 0.386 bits per heavy atom. The molecular weight excluding hydrogens is 573 g/mol. The number of aromatic nitrogens is 2. The Morgan fingerprint density at radius 2 is 1.00 bits per heavy atom. The summed E-state index contributed by atoms with van der Waals surface area (Å²) < 4.78 is 3.86. The van der Waals surface area contributed by atoms with Crippen molar-refractivity contribution >= 4 is 63.1 Å². The zero-order valence-corrected chi connectivity index (χ0v) is 25.2. The van der Waals surface area contributed by atoms with Gasteiger partial charge in [0.2, 0.25) is 0 Å². The number of benzene rings is 6. The maximum absolute atomic E-state index is 5.28. The fraction of sp³-hybridized carbons (Fsp3) is 0. The van der Waals surface area contributed by atoms with Crippen LogP contribution in [-0.4, -0.2) is 9.97 Å². The maximum atomic E-state index is 5.28. The van der Waals surface area contributed by atoms with Crippen molar-refractivity contribution in [1.82, 2.24) is 9.97 Å². The summed E-state index contributed by atoms with van der Waals surface area (Å²) in [4.78, 5) is 11.4. The van der Waals surface area contributed by atoms with Crippen LogP contribution < -0.4 is 0 Å². The van der Waals surface area contributed by atoms with Gasteiger partial charge < -0.3 is 0 Å². The molecule has 0 spiro atoms. The molecule has 3 aromatic heterocycles. The third-order valence-electron chi connectivity index (χ3n) is 8.34. The number of hydrogen-bond donors (Lipinski definition) is 0. The van der Waals surface area contributed by atoms with Crippen molar-refractivity contribution in [3.8, 4) is 44.9 Å². The molecule has 44 heavy (non-hydrogen) atoms. The molecule has 2 nitrogen and oxygen atoms in total. The third kappa shape index (κ3) is 4.15. The number of fused-ring (bicyclic) bond motifs is 6. The molecule has 0 unspecified atom stereocenters. The van der Waals surface area contributed by atoms with Gasteiger partial charge in [0, 0.05) is 46.8 Å². The Hall–Kier alpha value is -5.16. The van der Waals surface area contributed by atoms with E-state index in [2.05, 4.69) is 140 Å². The fourth-order valence-electron chi connectivity index (χ4n) is 6.25. The summed E-state index contributed by atoms with van der Waals surface area (Å²) in [6.07, 6.45) is 0. The predicted molar refractivity (Wildman–Crippen MR) is 190 cm³/mol. The predicted octanol–water partition coefficient (Wildman–Crippen LogP) is 11.9. The van der Waals surface area contributed by atoms with E-state index in [1.54, 1.807) is 11.3 Å². The highest BCUT2D eigenvalue weighted by Crippen LogP contribution is 2.42. The van der Waals surface area contributed by atoms with Crippen LogP contribution in [0.1, 0.15) is 0 Å². The minimum absolute atomic E-state index is 0.746. The van der Waals surface area contributed by atoms with Gasteiger partial charge in [-0.05, 0) is 46.5 Å². The lowest BCUT2D eigenvalue weighted by Gasteiger charge is -2.10. The van der Waals surface area contributed by atoms with Crippen LogP contribution >= 0.6 is 22.7 Å². The van der Waals surface area contributed by atoms with Crippen LogP contribution in [0.5, 0.6) is 0 Å². The fourth-order valence-corrected chi connectivity index (χ4v) is 8.46. The van der Waals surface area contributed by atoms with E-state index in [0.717, 1.165) is 38.4 Å². The Bertz CT molecular complexity index is 2490. The number of nitrogens with zero attached hydrogens (tertiary/aromatic N) is 2. The second kappa shape index (κ2) is 10.2. The van der Waals surface area contributed by atoms with Crippen molar-refractivity contribution < 1.29 is 0 Å². The highest BCUT2D eigenvalue weighted by molar-refractivity contribution is 7.26. The molecular formula is C40H24N2S2. The third-order valence-corrected chi connectivity index (χ3v) is 10.5. The standard InChI is InChI=1S/C40H24N2S2/c1-2-10-25(11-3-1)28-12-8-13-29(24-28)39-41-38(37-32-15-5-7-18-34(32)44-40(37)42-39)27-22-20-26(21-23-27)30-16-9-19-35-36(30)31-14-4-6-17-33(31)43-35/h1-24H. The number of thiophene rings is 2. The Balaban J connectivity index is 1.22. The topological polar surface area (TPSA) is 25.8 Å². The van der Waals surface area contributed by atoms with E-state index < -0.39 is 0 Å². The van der Waals surface area contributed by atoms with Crippen LogP contribution in [0.15, 0.2) is 146 Å².